The van der Waals surface area contributed by atoms with Gasteiger partial charge < -0.3 is 24.1 Å². The van der Waals surface area contributed by atoms with Crippen LogP contribution < -0.4 is 0 Å². The quantitative estimate of drug-likeness (QED) is 0.0436. The number of aliphatic hydroxyl groups is 1. The Labute approximate surface area is 477 Å². The lowest BCUT2D eigenvalue weighted by Crippen LogP contribution is -2.21. The van der Waals surface area contributed by atoms with Gasteiger partial charge in [-0.2, -0.15) is 0 Å². The van der Waals surface area contributed by atoms with Crippen molar-refractivity contribution in [1.29, 1.82) is 0 Å². The average molecular weight is 1100 g/mol. The molecule has 0 atom stereocenters. The van der Waals surface area contributed by atoms with Crippen LogP contribution in [-0.4, -0.2) is 56.9 Å². The molecule has 0 unspecified atom stereocenters. The Morgan fingerprint density at radius 3 is 1.13 bits per heavy atom. The van der Waals surface area contributed by atoms with Gasteiger partial charge in [-0.1, -0.05) is 259 Å². The van der Waals surface area contributed by atoms with Crippen LogP contribution in [-0.2, 0) is 64.2 Å². The largest absolute Gasteiger partial charge is 0.466 e. The number of carbonyl (C=O) groups excluding carboxylic acids is 4. The molecular formula is C67H122O9Si. The predicted octanol–water partition coefficient (Wildman–Crippen LogP) is 19.1. The number of benzene rings is 3. The van der Waals surface area contributed by atoms with E-state index in [0.717, 1.165) is 61.0 Å². The first-order valence-corrected chi connectivity index (χ1v) is 32.3. The third kappa shape index (κ3) is 104. The molecule has 3 aromatic rings. The van der Waals surface area contributed by atoms with Gasteiger partial charge in [-0.05, 0) is 78.0 Å². The molecule has 1 N–H and O–H groups in total. The number of carbonyl (C=O) groups is 4. The summed E-state index contributed by atoms with van der Waals surface area (Å²) < 4.78 is 18.7. The zero-order chi connectivity index (χ0) is 61.5. The molecule has 0 aliphatic carbocycles. The minimum atomic E-state index is -0.720. The fraction of sp³-hybridized carbons (Fsp3) is 0.612. The van der Waals surface area contributed by atoms with Crippen LogP contribution in [0.25, 0.3) is 0 Å². The van der Waals surface area contributed by atoms with Crippen molar-refractivity contribution in [2.45, 2.75) is 229 Å². The van der Waals surface area contributed by atoms with Gasteiger partial charge in [0, 0.05) is 35.8 Å². The van der Waals surface area contributed by atoms with E-state index < -0.39 is 8.07 Å². The highest BCUT2D eigenvalue weighted by Gasteiger charge is 2.13. The molecule has 0 saturated carbocycles. The summed E-state index contributed by atoms with van der Waals surface area (Å²) in [4.78, 5) is 40.8. The first-order valence-electron chi connectivity index (χ1n) is 28.6. The van der Waals surface area contributed by atoms with E-state index in [1.54, 1.807) is 0 Å². The Hall–Kier alpha value is -4.80. The summed E-state index contributed by atoms with van der Waals surface area (Å²) in [6.45, 7) is 55.9. The van der Waals surface area contributed by atoms with Crippen molar-refractivity contribution >= 4 is 32.0 Å². The summed E-state index contributed by atoms with van der Waals surface area (Å²) in [5.41, 5.74) is 4.73. The fourth-order valence-corrected chi connectivity index (χ4v) is 7.36. The van der Waals surface area contributed by atoms with Gasteiger partial charge >= 0.3 is 23.9 Å². The number of aliphatic hydroxyl groups excluding tert-OH is 1. The summed E-state index contributed by atoms with van der Waals surface area (Å²) in [5, 5.41) is 8.70. The molecule has 0 heterocycles. The molecule has 0 aliphatic rings. The van der Waals surface area contributed by atoms with E-state index in [-0.39, 0.29) is 30.5 Å². The third-order valence-corrected chi connectivity index (χ3v) is 10.8. The number of unbranched alkanes of at least 4 members (excludes halogenated alkanes) is 1. The Bertz CT molecular complexity index is 1640. The van der Waals surface area contributed by atoms with E-state index in [0.29, 0.717) is 32.3 Å². The second-order valence-electron chi connectivity index (χ2n) is 20.3. The summed E-state index contributed by atoms with van der Waals surface area (Å²) in [7, 11) is -0.720. The van der Waals surface area contributed by atoms with Crippen LogP contribution >= 0.6 is 0 Å². The van der Waals surface area contributed by atoms with Gasteiger partial charge in [0.25, 0.3) is 0 Å². The van der Waals surface area contributed by atoms with Crippen LogP contribution in [0.5, 0.6) is 0 Å². The Morgan fingerprint density at radius 2 is 0.896 bits per heavy atom. The fourth-order valence-electron chi connectivity index (χ4n) is 4.91. The smallest absolute Gasteiger partial charge is 0.302 e. The van der Waals surface area contributed by atoms with E-state index >= 15 is 0 Å². The summed E-state index contributed by atoms with van der Waals surface area (Å²) in [6.07, 6.45) is 12.6. The zero-order valence-corrected chi connectivity index (χ0v) is 55.1. The highest BCUT2D eigenvalue weighted by molar-refractivity contribution is 6.76. The third-order valence-electron chi connectivity index (χ3n) is 8.78. The number of esters is 4. The number of ether oxygens (including phenoxy) is 4. The molecule has 0 saturated heterocycles. The first kappa shape index (κ1) is 88.8. The van der Waals surface area contributed by atoms with Gasteiger partial charge in [-0.3, -0.25) is 19.2 Å². The topological polar surface area (TPSA) is 125 Å². The normalized spacial score (nSPS) is 9.25. The van der Waals surface area contributed by atoms with E-state index in [9.17, 15) is 19.2 Å². The summed E-state index contributed by atoms with van der Waals surface area (Å²) >= 11 is 0. The molecule has 10 heteroatoms. The minimum Gasteiger partial charge on any atom is -0.466 e. The molecule has 3 aromatic carbocycles. The molecule has 0 aliphatic heterocycles. The number of rotatable bonds is 18. The van der Waals surface area contributed by atoms with E-state index in [1.807, 2.05) is 94.4 Å². The van der Waals surface area contributed by atoms with Crippen LogP contribution in [0.1, 0.15) is 199 Å². The Balaban J connectivity index is -0.000000116. The molecule has 0 spiro atoms. The second-order valence-corrected chi connectivity index (χ2v) is 25.8. The van der Waals surface area contributed by atoms with Crippen LogP contribution in [0.4, 0.5) is 0 Å². The van der Waals surface area contributed by atoms with Gasteiger partial charge in [-0.25, -0.2) is 0 Å². The molecule has 0 fully saturated rings. The van der Waals surface area contributed by atoms with E-state index in [1.165, 1.54) is 70.2 Å². The highest BCUT2D eigenvalue weighted by Crippen LogP contribution is 2.15. The number of aryl methyl sites for hydroxylation is 2. The highest BCUT2D eigenvalue weighted by atomic mass is 28.3. The van der Waals surface area contributed by atoms with Crippen LogP contribution in [0.2, 0.25) is 25.7 Å². The summed E-state index contributed by atoms with van der Waals surface area (Å²) in [6, 6.07) is 29.5. The van der Waals surface area contributed by atoms with Crippen LogP contribution in [0.15, 0.2) is 110 Å². The van der Waals surface area contributed by atoms with Crippen molar-refractivity contribution in [3.63, 3.8) is 0 Å². The van der Waals surface area contributed by atoms with Crippen molar-refractivity contribution in [2.75, 3.05) is 19.8 Å². The van der Waals surface area contributed by atoms with Gasteiger partial charge in [0.1, 0.15) is 13.2 Å². The maximum Gasteiger partial charge on any atom is 0.302 e. The lowest BCUT2D eigenvalue weighted by Gasteiger charge is -2.17. The van der Waals surface area contributed by atoms with Gasteiger partial charge in [0.15, 0.2) is 0 Å². The van der Waals surface area contributed by atoms with E-state index in [2.05, 4.69) is 150 Å². The molecule has 0 amide bonds. The molecule has 0 aromatic heterocycles. The molecule has 0 bridgehead atoms. The van der Waals surface area contributed by atoms with Gasteiger partial charge in [0.05, 0.1) is 19.8 Å². The molecular weight excluding hydrogens is 977 g/mol. The van der Waals surface area contributed by atoms with E-state index in [4.69, 9.17) is 14.6 Å². The van der Waals surface area contributed by atoms with Gasteiger partial charge in [-0.15, -0.1) is 6.58 Å². The van der Waals surface area contributed by atoms with Crippen LogP contribution in [0, 0.1) is 23.7 Å². The summed E-state index contributed by atoms with van der Waals surface area (Å²) in [5.74, 6) is 2.12. The molecule has 0 radical (unpaired) electrons. The van der Waals surface area contributed by atoms with Crippen LogP contribution in [0.3, 0.4) is 0 Å². The number of hydrogen-bond donors (Lipinski definition) is 1. The Morgan fingerprint density at radius 1 is 0.519 bits per heavy atom. The first-order chi connectivity index (χ1) is 36.1. The van der Waals surface area contributed by atoms with Crippen molar-refractivity contribution in [3.8, 4) is 0 Å². The maximum absolute atomic E-state index is 10.4. The minimum absolute atomic E-state index is 0.143. The standard InChI is InChI=1S/C9H10O2.C9H18O2.C9H12O.C8H10.C7H18Si.C6H12O2.C5H8O2.C5H12.C4H8.C3H8.C2H6/c1-8(10)11-7-9-5-3-2-4-6-9;1-8(2)6-4-5-7-11-9(3)10;1-2-8-3-5-9(7-10)6-4-8;1-2-8-6-4-3-5-7-8;1-7(2)6-8(3,4)5;1-5(2)4-8-6(3)7;1-3-4-7-5(2)6;1-4-5(2)3;1-3-4-2;1-3-2;1-2/h2-6H,7H2,1H3;8H,4-7H2,1-3H3;3-6,10H,2,7H2,1H3;3-7H,2H2,1H3;7H,6H2,1-5H3;5H,4H2,1-3H3;3H,1,4H2,2H3;5H,4H2,1-3H3;3H,1,4H2,2H3;3H2,1-2H3;1-2H3. The van der Waals surface area contributed by atoms with Crippen molar-refractivity contribution in [3.05, 3.63) is 132 Å². The monoisotopic (exact) mass is 1100 g/mol. The predicted molar refractivity (Wildman–Crippen MR) is 339 cm³/mol. The SMILES string of the molecule is C=CCC.C=CCOC(C)=O.CC.CC(=O)OCC(C)C.CC(=O)OCCCCC(C)C.CC(=O)OCc1ccccc1.CC(C)C[Si](C)(C)C.CCC.CCC(C)C.CCc1ccc(CO)cc1.CCc1ccccc1. The maximum atomic E-state index is 10.4. The molecule has 77 heavy (non-hydrogen) atoms. The zero-order valence-electron chi connectivity index (χ0n) is 54.1. The second kappa shape index (κ2) is 69.2. The number of hydrogen-bond acceptors (Lipinski definition) is 9. The molecule has 3 rings (SSSR count). The number of allylic oxidation sites excluding steroid dienone is 1. The van der Waals surface area contributed by atoms with Crippen molar-refractivity contribution in [2.24, 2.45) is 23.7 Å². The average Bonchev–Trinajstić information content (AvgIpc) is 3.38. The van der Waals surface area contributed by atoms with Crippen molar-refractivity contribution < 1.29 is 43.2 Å². The molecule has 448 valence electrons. The van der Waals surface area contributed by atoms with Gasteiger partial charge in [0.2, 0.25) is 0 Å². The Kier molecular flexibility index (Phi) is 79.8. The molecule has 9 nitrogen and oxygen atoms in total. The lowest BCUT2D eigenvalue weighted by atomic mass is 10.1. The lowest BCUT2D eigenvalue weighted by molar-refractivity contribution is -0.143. The van der Waals surface area contributed by atoms with Crippen molar-refractivity contribution in [1.82, 2.24) is 0 Å².